The van der Waals surface area contributed by atoms with E-state index in [0.29, 0.717) is 17.7 Å². The van der Waals surface area contributed by atoms with Gasteiger partial charge >= 0.3 is 5.97 Å². The van der Waals surface area contributed by atoms with E-state index in [-0.39, 0.29) is 5.76 Å². The van der Waals surface area contributed by atoms with Gasteiger partial charge in [0.25, 0.3) is 0 Å². The number of carboxylic acid groups (broad SMARTS) is 1. The number of rotatable bonds is 5. The first-order valence-electron chi connectivity index (χ1n) is 6.53. The molecule has 0 saturated heterocycles. The molecule has 0 aromatic carbocycles. The van der Waals surface area contributed by atoms with Gasteiger partial charge in [-0.25, -0.2) is 4.79 Å². The van der Waals surface area contributed by atoms with Crippen LogP contribution in [0.3, 0.4) is 0 Å². The summed E-state index contributed by atoms with van der Waals surface area (Å²) in [5.41, 5.74) is 1.35. The highest BCUT2D eigenvalue weighted by molar-refractivity contribution is 5.84. The van der Waals surface area contributed by atoms with E-state index in [1.165, 1.54) is 25.7 Å². The maximum Gasteiger partial charge on any atom is 0.371 e. The van der Waals surface area contributed by atoms with Gasteiger partial charge in [0.2, 0.25) is 5.76 Å². The van der Waals surface area contributed by atoms with Crippen molar-refractivity contribution in [1.29, 1.82) is 0 Å². The van der Waals surface area contributed by atoms with Gasteiger partial charge in [0.05, 0.1) is 0 Å². The van der Waals surface area contributed by atoms with E-state index in [1.54, 1.807) is 13.0 Å². The first-order valence-corrected chi connectivity index (χ1v) is 6.53. The van der Waals surface area contributed by atoms with Crippen LogP contribution in [0.25, 0.3) is 0 Å². The molecule has 0 amide bonds. The second-order valence-electron chi connectivity index (χ2n) is 5.62. The molecule has 1 aliphatic rings. The molecule has 0 atom stereocenters. The highest BCUT2D eigenvalue weighted by Crippen LogP contribution is 2.36. The van der Waals surface area contributed by atoms with Crippen LogP contribution in [0.2, 0.25) is 0 Å². The Morgan fingerprint density at radius 1 is 1.50 bits per heavy atom. The summed E-state index contributed by atoms with van der Waals surface area (Å²) in [5.74, 6) is -0.292. The average molecular weight is 251 g/mol. The topological polar surface area (TPSA) is 62.5 Å². The van der Waals surface area contributed by atoms with E-state index in [2.05, 4.69) is 12.2 Å². The van der Waals surface area contributed by atoms with Crippen molar-refractivity contribution in [1.82, 2.24) is 5.32 Å². The molecule has 0 unspecified atom stereocenters. The predicted octanol–water partition coefficient (Wildman–Crippen LogP) is 2.96. The molecule has 0 radical (unpaired) electrons. The summed E-state index contributed by atoms with van der Waals surface area (Å²) in [5, 5.41) is 12.3. The third-order valence-electron chi connectivity index (χ3n) is 3.91. The van der Waals surface area contributed by atoms with Crippen molar-refractivity contribution < 1.29 is 14.3 Å². The van der Waals surface area contributed by atoms with Crippen LogP contribution >= 0.6 is 0 Å². The molecule has 1 fully saturated rings. The van der Waals surface area contributed by atoms with Crippen molar-refractivity contribution in [3.05, 3.63) is 23.2 Å². The fraction of sp³-hybridized carbons (Fsp3) is 0.643. The van der Waals surface area contributed by atoms with Crippen molar-refractivity contribution in [2.45, 2.75) is 46.1 Å². The quantitative estimate of drug-likeness (QED) is 0.844. The van der Waals surface area contributed by atoms with Crippen molar-refractivity contribution in [2.75, 3.05) is 6.54 Å². The van der Waals surface area contributed by atoms with Gasteiger partial charge in [-0.2, -0.15) is 0 Å². The Balaban J connectivity index is 1.88. The Labute approximate surface area is 107 Å². The molecule has 4 heteroatoms. The molecule has 2 N–H and O–H groups in total. The summed E-state index contributed by atoms with van der Waals surface area (Å²) >= 11 is 0. The van der Waals surface area contributed by atoms with Gasteiger partial charge in [0.1, 0.15) is 5.76 Å². The highest BCUT2D eigenvalue weighted by atomic mass is 16.4. The number of aromatic carboxylic acids is 1. The van der Waals surface area contributed by atoms with Crippen LogP contribution in [0.4, 0.5) is 0 Å². The van der Waals surface area contributed by atoms with Crippen LogP contribution in [0.15, 0.2) is 10.5 Å². The summed E-state index contributed by atoms with van der Waals surface area (Å²) in [6.07, 6.45) is 5.22. The van der Waals surface area contributed by atoms with Gasteiger partial charge in [0.15, 0.2) is 0 Å². The van der Waals surface area contributed by atoms with E-state index in [9.17, 15) is 4.79 Å². The molecule has 2 rings (SSSR count). The second kappa shape index (κ2) is 5.14. The standard InChI is InChI=1S/C14H21NO3/c1-10-11(7-12(18-10)13(16)17)8-15-9-14(2)5-3-4-6-14/h7,15H,3-6,8-9H2,1-2H3,(H,16,17). The fourth-order valence-electron chi connectivity index (χ4n) is 2.70. The first kappa shape index (κ1) is 13.1. The van der Waals surface area contributed by atoms with Crippen molar-refractivity contribution in [3.8, 4) is 0 Å². The normalized spacial score (nSPS) is 18.1. The SMILES string of the molecule is Cc1oc(C(=O)O)cc1CNCC1(C)CCCC1. The maximum absolute atomic E-state index is 10.8. The van der Waals surface area contributed by atoms with Crippen LogP contribution in [0, 0.1) is 12.3 Å². The second-order valence-corrected chi connectivity index (χ2v) is 5.62. The van der Waals surface area contributed by atoms with E-state index in [0.717, 1.165) is 12.1 Å². The predicted molar refractivity (Wildman–Crippen MR) is 68.7 cm³/mol. The molecule has 1 aromatic heterocycles. The Morgan fingerprint density at radius 3 is 2.72 bits per heavy atom. The van der Waals surface area contributed by atoms with Gasteiger partial charge in [0, 0.05) is 18.7 Å². The maximum atomic E-state index is 10.8. The molecule has 18 heavy (non-hydrogen) atoms. The van der Waals surface area contributed by atoms with Crippen molar-refractivity contribution in [3.63, 3.8) is 0 Å². The van der Waals surface area contributed by atoms with E-state index in [1.807, 2.05) is 0 Å². The largest absolute Gasteiger partial charge is 0.475 e. The number of hydrogen-bond acceptors (Lipinski definition) is 3. The number of nitrogens with one attached hydrogen (secondary N) is 1. The Kier molecular flexibility index (Phi) is 3.76. The molecule has 0 bridgehead atoms. The van der Waals surface area contributed by atoms with Gasteiger partial charge < -0.3 is 14.8 Å². The summed E-state index contributed by atoms with van der Waals surface area (Å²) < 4.78 is 5.18. The van der Waals surface area contributed by atoms with E-state index >= 15 is 0 Å². The van der Waals surface area contributed by atoms with Crippen LogP contribution in [0.1, 0.15) is 54.5 Å². The number of aryl methyl sites for hydroxylation is 1. The minimum Gasteiger partial charge on any atom is -0.475 e. The summed E-state index contributed by atoms with van der Waals surface area (Å²) in [6, 6.07) is 1.61. The zero-order valence-electron chi connectivity index (χ0n) is 11.1. The van der Waals surface area contributed by atoms with Crippen LogP contribution in [-0.2, 0) is 6.54 Å². The van der Waals surface area contributed by atoms with E-state index in [4.69, 9.17) is 9.52 Å². The lowest BCUT2D eigenvalue weighted by molar-refractivity contribution is 0.0661. The number of hydrogen-bond donors (Lipinski definition) is 2. The zero-order chi connectivity index (χ0) is 13.2. The smallest absolute Gasteiger partial charge is 0.371 e. The van der Waals surface area contributed by atoms with Crippen LogP contribution < -0.4 is 5.32 Å². The molecule has 1 saturated carbocycles. The third-order valence-corrected chi connectivity index (χ3v) is 3.91. The summed E-state index contributed by atoms with van der Waals surface area (Å²) in [6.45, 7) is 5.79. The van der Waals surface area contributed by atoms with Gasteiger partial charge in [-0.3, -0.25) is 0 Å². The zero-order valence-corrected chi connectivity index (χ0v) is 11.1. The molecule has 4 nitrogen and oxygen atoms in total. The Morgan fingerprint density at radius 2 is 2.17 bits per heavy atom. The number of furan rings is 1. The van der Waals surface area contributed by atoms with Gasteiger partial charge in [-0.1, -0.05) is 19.8 Å². The lowest BCUT2D eigenvalue weighted by Crippen LogP contribution is -2.29. The molecule has 1 heterocycles. The van der Waals surface area contributed by atoms with Crippen LogP contribution in [0.5, 0.6) is 0 Å². The lowest BCUT2D eigenvalue weighted by Gasteiger charge is -2.23. The number of carboxylic acids is 1. The minimum absolute atomic E-state index is 0.0244. The van der Waals surface area contributed by atoms with Gasteiger partial charge in [-0.15, -0.1) is 0 Å². The molecular formula is C14H21NO3. The van der Waals surface area contributed by atoms with Crippen molar-refractivity contribution >= 4 is 5.97 Å². The van der Waals surface area contributed by atoms with Crippen molar-refractivity contribution in [2.24, 2.45) is 5.41 Å². The third kappa shape index (κ3) is 2.93. The van der Waals surface area contributed by atoms with Crippen LogP contribution in [-0.4, -0.2) is 17.6 Å². The lowest BCUT2D eigenvalue weighted by atomic mass is 9.89. The molecule has 1 aliphatic carbocycles. The Hall–Kier alpha value is -1.29. The molecular weight excluding hydrogens is 230 g/mol. The molecule has 0 spiro atoms. The average Bonchev–Trinajstić information content (AvgIpc) is 2.87. The summed E-state index contributed by atoms with van der Waals surface area (Å²) in [4.78, 5) is 10.8. The monoisotopic (exact) mass is 251 g/mol. The molecule has 100 valence electrons. The van der Waals surface area contributed by atoms with E-state index < -0.39 is 5.97 Å². The molecule has 0 aliphatic heterocycles. The fourth-order valence-corrected chi connectivity index (χ4v) is 2.70. The summed E-state index contributed by atoms with van der Waals surface area (Å²) in [7, 11) is 0. The number of carbonyl (C=O) groups is 1. The minimum atomic E-state index is -1.01. The molecule has 1 aromatic rings. The first-order chi connectivity index (χ1) is 8.50. The Bertz CT molecular complexity index is 430. The van der Waals surface area contributed by atoms with Gasteiger partial charge in [-0.05, 0) is 31.2 Å². The highest BCUT2D eigenvalue weighted by Gasteiger charge is 2.28.